The smallest absolute Gasteiger partial charge is 0.345 e. The fourth-order valence-corrected chi connectivity index (χ4v) is 0.332. The van der Waals surface area contributed by atoms with E-state index in [0.29, 0.717) is 6.44 Å². The van der Waals surface area contributed by atoms with Crippen LogP contribution in [0.15, 0.2) is 0 Å². The second-order valence-corrected chi connectivity index (χ2v) is 1.43. The van der Waals surface area contributed by atoms with Crippen molar-refractivity contribution in [3.8, 4) is 0 Å². The van der Waals surface area contributed by atoms with Crippen molar-refractivity contribution in [2.75, 3.05) is 6.44 Å². The Labute approximate surface area is 40.3 Å². The Hall–Kier alpha value is -0.775. The number of nitro groups is 1. The van der Waals surface area contributed by atoms with Crippen molar-refractivity contribution in [2.24, 2.45) is 5.64 Å². The lowest BCUT2D eigenvalue weighted by atomic mass is 9.99. The molecule has 6 heteroatoms. The zero-order chi connectivity index (χ0) is 5.44. The first-order valence-corrected chi connectivity index (χ1v) is 1.88. The predicted octanol–water partition coefficient (Wildman–Crippen LogP) is -1.52. The fraction of sp³-hybridized carbons (Fsp3) is 1.00. The maximum atomic E-state index is 9.62. The quantitative estimate of drug-likeness (QED) is 0.188. The van der Waals surface area contributed by atoms with Gasteiger partial charge in [-0.25, -0.2) is 10.1 Å². The second-order valence-electron chi connectivity index (χ2n) is 1.43. The largest absolute Gasteiger partial charge is 0.436 e. The van der Waals surface area contributed by atoms with Gasteiger partial charge < -0.3 is 5.64 Å². The zero-order valence-corrected chi connectivity index (χ0v) is 3.57. The molecular formula is CH4BN3O2. The monoisotopic (exact) mass is 101 g/mol. The lowest BCUT2D eigenvalue weighted by Crippen LogP contribution is -2.20. The first-order valence-electron chi connectivity index (χ1n) is 1.88. The fourth-order valence-electron chi connectivity index (χ4n) is 0.332. The van der Waals surface area contributed by atoms with Crippen LogP contribution in [0.3, 0.4) is 0 Å². The third-order valence-corrected chi connectivity index (χ3v) is 0.833. The SMILES string of the molecule is NB1CN1[N+](=O)[O-]. The van der Waals surface area contributed by atoms with Crippen LogP contribution in [0.25, 0.3) is 0 Å². The molecule has 0 saturated carbocycles. The van der Waals surface area contributed by atoms with Gasteiger partial charge in [-0.1, -0.05) is 0 Å². The summed E-state index contributed by atoms with van der Waals surface area (Å²) in [5, 5.41) is 9.13. The molecular weight excluding hydrogens is 96.8 g/mol. The predicted molar refractivity (Wildman–Crippen MR) is 23.6 cm³/mol. The molecule has 38 valence electrons. The molecule has 1 heterocycles. The van der Waals surface area contributed by atoms with E-state index in [1.807, 2.05) is 0 Å². The summed E-state index contributed by atoms with van der Waals surface area (Å²) in [6, 6.07) is 0. The summed E-state index contributed by atoms with van der Waals surface area (Å²) in [5.74, 6) is 0. The standard InChI is InChI=1S/CH4BN3O2/c3-2-1-4(2)5(6)7/h1,3H2. The number of rotatable bonds is 1. The van der Waals surface area contributed by atoms with Gasteiger partial charge >= 0.3 is 6.98 Å². The van der Waals surface area contributed by atoms with Gasteiger partial charge in [0, 0.05) is 0 Å². The summed E-state index contributed by atoms with van der Waals surface area (Å²) < 4.78 is 0. The topological polar surface area (TPSA) is 72.2 Å². The van der Waals surface area contributed by atoms with Crippen LogP contribution in [-0.4, -0.2) is 23.4 Å². The Bertz CT molecular complexity index is 105. The Balaban J connectivity index is 2.33. The Kier molecular flexibility index (Phi) is 0.687. The molecule has 0 unspecified atom stereocenters. The van der Waals surface area contributed by atoms with Gasteiger partial charge in [0.25, 0.3) is 0 Å². The maximum absolute atomic E-state index is 9.62. The van der Waals surface area contributed by atoms with Gasteiger partial charge in [0.05, 0.1) is 6.44 Å². The highest BCUT2D eigenvalue weighted by Gasteiger charge is 2.46. The lowest BCUT2D eigenvalue weighted by Gasteiger charge is -1.84. The summed E-state index contributed by atoms with van der Waals surface area (Å²) in [6.45, 7) is -0.324. The average molecular weight is 101 g/mol. The Morgan fingerprint density at radius 2 is 2.43 bits per heavy atom. The minimum atomic E-state index is -0.495. The molecule has 0 spiro atoms. The Morgan fingerprint density at radius 1 is 2.00 bits per heavy atom. The molecule has 1 fully saturated rings. The van der Waals surface area contributed by atoms with Crippen molar-refractivity contribution in [3.63, 3.8) is 0 Å². The lowest BCUT2D eigenvalue weighted by molar-refractivity contribution is -0.603. The normalized spacial score (nSPS) is 17.3. The molecule has 1 aliphatic heterocycles. The molecule has 1 saturated heterocycles. The molecule has 0 bridgehead atoms. The highest BCUT2D eigenvalue weighted by molar-refractivity contribution is 6.61. The number of hydrogen-bond donors (Lipinski definition) is 1. The molecule has 0 aliphatic carbocycles. The maximum Gasteiger partial charge on any atom is 0.436 e. The van der Waals surface area contributed by atoms with Crippen molar-refractivity contribution in [1.29, 1.82) is 0 Å². The molecule has 0 amide bonds. The third kappa shape index (κ3) is 0.639. The molecule has 2 N–H and O–H groups in total. The van der Waals surface area contributed by atoms with E-state index in [9.17, 15) is 10.1 Å². The van der Waals surface area contributed by atoms with Gasteiger partial charge in [-0.2, -0.15) is 4.92 Å². The molecule has 7 heavy (non-hydrogen) atoms. The molecule has 0 radical (unpaired) electrons. The average Bonchev–Trinajstić information content (AvgIpc) is 2.17. The van der Waals surface area contributed by atoms with Gasteiger partial charge in [-0.15, -0.1) is 0 Å². The summed E-state index contributed by atoms with van der Waals surface area (Å²) in [7, 11) is 0. The van der Waals surface area contributed by atoms with E-state index in [1.165, 1.54) is 0 Å². The molecule has 1 rings (SSSR count). The number of nitrogens with two attached hydrogens (primary N) is 1. The Morgan fingerprint density at radius 3 is 2.43 bits per heavy atom. The van der Waals surface area contributed by atoms with Crippen molar-refractivity contribution in [2.45, 2.75) is 0 Å². The van der Waals surface area contributed by atoms with Crippen LogP contribution in [0.1, 0.15) is 0 Å². The number of nitrogens with zero attached hydrogens (tertiary/aromatic N) is 2. The van der Waals surface area contributed by atoms with E-state index in [-0.39, 0.29) is 6.98 Å². The first kappa shape index (κ1) is 4.39. The van der Waals surface area contributed by atoms with E-state index in [0.717, 1.165) is 4.92 Å². The zero-order valence-electron chi connectivity index (χ0n) is 3.57. The highest BCUT2D eigenvalue weighted by atomic mass is 16.7. The van der Waals surface area contributed by atoms with Crippen LogP contribution >= 0.6 is 0 Å². The van der Waals surface area contributed by atoms with Crippen LogP contribution in [0, 0.1) is 10.1 Å². The third-order valence-electron chi connectivity index (χ3n) is 0.833. The van der Waals surface area contributed by atoms with E-state index < -0.39 is 5.03 Å². The van der Waals surface area contributed by atoms with Gasteiger partial charge in [0.2, 0.25) is 0 Å². The molecule has 5 nitrogen and oxygen atoms in total. The van der Waals surface area contributed by atoms with Gasteiger partial charge in [-0.05, 0) is 0 Å². The van der Waals surface area contributed by atoms with Crippen molar-refractivity contribution < 1.29 is 5.03 Å². The van der Waals surface area contributed by atoms with Crippen LogP contribution in [0.4, 0.5) is 0 Å². The van der Waals surface area contributed by atoms with Crippen LogP contribution in [0.2, 0.25) is 0 Å². The van der Waals surface area contributed by atoms with E-state index in [2.05, 4.69) is 0 Å². The van der Waals surface area contributed by atoms with E-state index in [1.54, 1.807) is 0 Å². The van der Waals surface area contributed by atoms with Gasteiger partial charge in [0.15, 0.2) is 0 Å². The van der Waals surface area contributed by atoms with E-state index >= 15 is 0 Å². The molecule has 0 aromatic rings. The van der Waals surface area contributed by atoms with Crippen molar-refractivity contribution in [1.82, 2.24) is 4.92 Å². The summed E-state index contributed by atoms with van der Waals surface area (Å²) in [5.41, 5.74) is 5.05. The van der Waals surface area contributed by atoms with Gasteiger partial charge in [0.1, 0.15) is 5.03 Å². The highest BCUT2D eigenvalue weighted by Crippen LogP contribution is 2.03. The van der Waals surface area contributed by atoms with Crippen molar-refractivity contribution >= 4 is 6.98 Å². The number of hydrazine groups is 1. The molecule has 1 aliphatic rings. The second kappa shape index (κ2) is 1.10. The molecule has 0 aromatic carbocycles. The first-order chi connectivity index (χ1) is 3.22. The number of hydrogen-bond acceptors (Lipinski definition) is 3. The summed E-state index contributed by atoms with van der Waals surface area (Å²) in [4.78, 5) is 10.6. The van der Waals surface area contributed by atoms with Gasteiger partial charge in [-0.3, -0.25) is 0 Å². The van der Waals surface area contributed by atoms with Crippen LogP contribution in [-0.2, 0) is 0 Å². The van der Waals surface area contributed by atoms with Crippen LogP contribution in [0.5, 0.6) is 0 Å². The summed E-state index contributed by atoms with van der Waals surface area (Å²) >= 11 is 0. The van der Waals surface area contributed by atoms with Crippen molar-refractivity contribution in [3.05, 3.63) is 10.1 Å². The summed E-state index contributed by atoms with van der Waals surface area (Å²) in [6.07, 6.45) is 0.396. The molecule has 0 atom stereocenters. The minimum absolute atomic E-state index is 0.324. The van der Waals surface area contributed by atoms with E-state index in [4.69, 9.17) is 5.64 Å². The molecule has 0 aromatic heterocycles. The van der Waals surface area contributed by atoms with Crippen LogP contribution < -0.4 is 5.64 Å². The minimum Gasteiger partial charge on any atom is -0.345 e.